The van der Waals surface area contributed by atoms with Gasteiger partial charge in [0.1, 0.15) is 23.8 Å². The number of carbonyl (C=O) groups is 1. The molecule has 0 saturated carbocycles. The zero-order valence-electron chi connectivity index (χ0n) is 23.5. The van der Waals surface area contributed by atoms with Gasteiger partial charge in [0.15, 0.2) is 0 Å². The number of esters is 1. The van der Waals surface area contributed by atoms with Crippen molar-refractivity contribution < 1.29 is 22.7 Å². The summed E-state index contributed by atoms with van der Waals surface area (Å²) in [5.41, 5.74) is 9.08. The summed E-state index contributed by atoms with van der Waals surface area (Å²) < 4.78 is 44.5. The Morgan fingerprint density at radius 2 is 2.00 bits per heavy atom. The molecule has 1 aliphatic rings. The number of benzene rings is 2. The van der Waals surface area contributed by atoms with Crippen LogP contribution in [0.1, 0.15) is 35.8 Å². The Morgan fingerprint density at radius 3 is 2.69 bits per heavy atom. The number of aromatic nitrogens is 4. The minimum absolute atomic E-state index is 0.0648. The molecule has 1 atom stereocenters. The lowest BCUT2D eigenvalue weighted by atomic mass is 9.97. The van der Waals surface area contributed by atoms with Crippen LogP contribution >= 0.6 is 0 Å². The van der Waals surface area contributed by atoms with Crippen molar-refractivity contribution in [1.82, 2.24) is 24.9 Å². The van der Waals surface area contributed by atoms with Gasteiger partial charge in [0, 0.05) is 42.6 Å². The van der Waals surface area contributed by atoms with E-state index in [2.05, 4.69) is 27.1 Å². The molecule has 224 valence electrons. The van der Waals surface area contributed by atoms with Crippen LogP contribution in [0.3, 0.4) is 0 Å². The first-order valence-corrected chi connectivity index (χ1v) is 15.2. The maximum atomic E-state index is 14.1. The smallest absolute Gasteiger partial charge is 0.355 e. The number of anilines is 1. The normalized spacial score (nSPS) is 15.2. The maximum Gasteiger partial charge on any atom is 0.355 e. The number of rotatable bonds is 12. The van der Waals surface area contributed by atoms with E-state index in [1.165, 1.54) is 22.0 Å². The molecule has 0 amide bonds. The van der Waals surface area contributed by atoms with E-state index < -0.39 is 23.1 Å². The molecule has 4 N–H and O–H groups in total. The fourth-order valence-electron chi connectivity index (χ4n) is 5.39. The van der Waals surface area contributed by atoms with E-state index in [1.54, 1.807) is 16.9 Å². The van der Waals surface area contributed by atoms with E-state index in [0.29, 0.717) is 47.7 Å². The summed E-state index contributed by atoms with van der Waals surface area (Å²) in [4.78, 5) is 18.1. The highest BCUT2D eigenvalue weighted by Crippen LogP contribution is 2.32. The molecule has 3 heterocycles. The van der Waals surface area contributed by atoms with E-state index in [-0.39, 0.29) is 18.8 Å². The van der Waals surface area contributed by atoms with Crippen LogP contribution in [-0.4, -0.2) is 78.9 Å². The number of nitrogens with zero attached hydrogens (tertiary/aromatic N) is 5. The molecule has 1 saturated heterocycles. The number of nitrogens with one attached hydrogen (secondary N) is 1. The van der Waals surface area contributed by atoms with E-state index in [0.717, 1.165) is 38.0 Å². The average Bonchev–Trinajstić information content (AvgIpc) is 3.61. The van der Waals surface area contributed by atoms with Gasteiger partial charge in [-0.05, 0) is 74.2 Å². The van der Waals surface area contributed by atoms with Crippen molar-refractivity contribution in [3.8, 4) is 11.3 Å². The number of piperidine rings is 1. The van der Waals surface area contributed by atoms with Crippen molar-refractivity contribution in [1.29, 1.82) is 0 Å². The Bertz CT molecular complexity index is 1530. The van der Waals surface area contributed by atoms with Gasteiger partial charge < -0.3 is 20.4 Å². The topological polar surface area (TPSA) is 143 Å². The van der Waals surface area contributed by atoms with Gasteiger partial charge in [0.25, 0.3) is 11.3 Å². The largest absolute Gasteiger partial charge is 0.460 e. The van der Waals surface area contributed by atoms with E-state index >= 15 is 0 Å². The minimum Gasteiger partial charge on any atom is -0.460 e. The SMILES string of the molecule is CCc1ccc(N(CCN2CCC(Cn3cc(-c4c(C(=O)OCCN)[nH]c5ccc(F)cc45)nn3)CC2)S(=O)O)cc1. The third-order valence-electron chi connectivity index (χ3n) is 7.70. The lowest BCUT2D eigenvalue weighted by Gasteiger charge is -2.33. The molecule has 0 bridgehead atoms. The predicted molar refractivity (Wildman–Crippen MR) is 160 cm³/mol. The average molecular weight is 598 g/mol. The van der Waals surface area contributed by atoms with Crippen molar-refractivity contribution in [3.63, 3.8) is 0 Å². The molecule has 5 rings (SSSR count). The molecular weight excluding hydrogens is 561 g/mol. The Morgan fingerprint density at radius 1 is 1.24 bits per heavy atom. The fourth-order valence-corrected chi connectivity index (χ4v) is 5.93. The number of hydrogen-bond acceptors (Lipinski definition) is 7. The van der Waals surface area contributed by atoms with Crippen LogP contribution in [0.2, 0.25) is 0 Å². The number of fused-ring (bicyclic) bond motifs is 1. The lowest BCUT2D eigenvalue weighted by molar-refractivity contribution is 0.0512. The number of nitrogens with two attached hydrogens (primary N) is 1. The molecule has 0 radical (unpaired) electrons. The Kier molecular flexibility index (Phi) is 9.62. The van der Waals surface area contributed by atoms with Crippen LogP contribution in [0, 0.1) is 11.7 Å². The van der Waals surface area contributed by atoms with Crippen molar-refractivity contribution in [2.24, 2.45) is 11.7 Å². The number of carbonyl (C=O) groups excluding carboxylic acids is 1. The molecule has 0 spiro atoms. The first-order valence-electron chi connectivity index (χ1n) is 14.1. The van der Waals surface area contributed by atoms with Crippen LogP contribution in [0.4, 0.5) is 10.1 Å². The zero-order chi connectivity index (χ0) is 29.6. The number of halogens is 1. The lowest BCUT2D eigenvalue weighted by Crippen LogP contribution is -2.40. The molecule has 2 aromatic carbocycles. The highest BCUT2D eigenvalue weighted by molar-refractivity contribution is 7.80. The number of likely N-dealkylation sites (tertiary alicyclic amines) is 1. The minimum atomic E-state index is -2.10. The number of H-pyrrole nitrogens is 1. The fraction of sp³-hybridized carbons (Fsp3) is 0.414. The molecule has 1 unspecified atom stereocenters. The van der Waals surface area contributed by atoms with Gasteiger partial charge in [0.05, 0.1) is 11.9 Å². The molecule has 11 nitrogen and oxygen atoms in total. The summed E-state index contributed by atoms with van der Waals surface area (Å²) >= 11 is -2.10. The monoisotopic (exact) mass is 597 g/mol. The molecular formula is C29H36FN7O4S. The number of aromatic amines is 1. The molecule has 0 aliphatic carbocycles. The summed E-state index contributed by atoms with van der Waals surface area (Å²) in [7, 11) is 0. The summed E-state index contributed by atoms with van der Waals surface area (Å²) in [5.74, 6) is -0.642. The number of ether oxygens (including phenoxy) is 1. The third-order valence-corrected chi connectivity index (χ3v) is 8.47. The van der Waals surface area contributed by atoms with Gasteiger partial charge in [-0.3, -0.25) is 13.5 Å². The summed E-state index contributed by atoms with van der Waals surface area (Å²) in [6.45, 7) is 5.86. The van der Waals surface area contributed by atoms with Crippen LogP contribution in [0.5, 0.6) is 0 Å². The van der Waals surface area contributed by atoms with Crippen molar-refractivity contribution >= 4 is 33.8 Å². The Hall–Kier alpha value is -3.65. The van der Waals surface area contributed by atoms with E-state index in [9.17, 15) is 17.9 Å². The van der Waals surface area contributed by atoms with Gasteiger partial charge in [0.2, 0.25) is 0 Å². The number of hydrogen-bond donors (Lipinski definition) is 3. The summed E-state index contributed by atoms with van der Waals surface area (Å²) in [5, 5.41) is 9.15. The second-order valence-electron chi connectivity index (χ2n) is 10.5. The first kappa shape index (κ1) is 29.8. The molecule has 1 aliphatic heterocycles. The third kappa shape index (κ3) is 6.86. The second-order valence-corrected chi connectivity index (χ2v) is 11.4. The summed E-state index contributed by atoms with van der Waals surface area (Å²) in [6, 6.07) is 12.0. The number of aryl methyl sites for hydroxylation is 1. The molecule has 2 aromatic heterocycles. The zero-order valence-corrected chi connectivity index (χ0v) is 24.4. The second kappa shape index (κ2) is 13.6. The van der Waals surface area contributed by atoms with Gasteiger partial charge in [-0.25, -0.2) is 13.4 Å². The molecule has 42 heavy (non-hydrogen) atoms. The Labute approximate surface area is 246 Å². The van der Waals surface area contributed by atoms with Crippen molar-refractivity contribution in [3.05, 3.63) is 65.7 Å². The van der Waals surface area contributed by atoms with Crippen molar-refractivity contribution in [2.45, 2.75) is 32.7 Å². The van der Waals surface area contributed by atoms with Crippen LogP contribution in [0.25, 0.3) is 22.2 Å². The van der Waals surface area contributed by atoms with E-state index in [4.69, 9.17) is 10.5 Å². The summed E-state index contributed by atoms with van der Waals surface area (Å²) in [6.07, 6.45) is 4.58. The van der Waals surface area contributed by atoms with Crippen LogP contribution in [0.15, 0.2) is 48.7 Å². The molecule has 4 aromatic rings. The quantitative estimate of drug-likeness (QED) is 0.166. The van der Waals surface area contributed by atoms with Gasteiger partial charge in [-0.2, -0.15) is 0 Å². The van der Waals surface area contributed by atoms with Gasteiger partial charge in [-0.15, -0.1) is 5.10 Å². The molecule has 1 fully saturated rings. The van der Waals surface area contributed by atoms with Crippen LogP contribution in [-0.2, 0) is 29.0 Å². The van der Waals surface area contributed by atoms with E-state index in [1.807, 2.05) is 24.3 Å². The maximum absolute atomic E-state index is 14.1. The Balaban J connectivity index is 1.20. The highest BCUT2D eigenvalue weighted by atomic mass is 32.2. The van der Waals surface area contributed by atoms with Gasteiger partial charge in [-0.1, -0.05) is 24.3 Å². The van der Waals surface area contributed by atoms with Crippen molar-refractivity contribution in [2.75, 3.05) is 43.6 Å². The molecule has 13 heteroatoms. The van der Waals surface area contributed by atoms with Crippen LogP contribution < -0.4 is 10.0 Å². The highest BCUT2D eigenvalue weighted by Gasteiger charge is 2.25. The standard InChI is InChI=1S/C29H36FN7O4S/c1-2-20-3-6-23(7-4-20)37(42(39)40)15-14-35-12-9-21(10-13-35)18-36-19-26(33-34-36)27-24-17-22(30)5-8-25(24)32-28(27)29(38)41-16-11-31/h3-8,17,19,21,32H,2,9-16,18,31H2,1H3,(H,39,40). The predicted octanol–water partition coefficient (Wildman–Crippen LogP) is 3.60. The van der Waals surface area contributed by atoms with Gasteiger partial charge >= 0.3 is 5.97 Å². The first-order chi connectivity index (χ1) is 20.4.